The number of likely N-dealkylation sites (tertiary alicyclic amines) is 1. The Bertz CT molecular complexity index is 1230. The molecular weight excluding hydrogens is 574 g/mol. The molecule has 0 aromatic heterocycles. The van der Waals surface area contributed by atoms with E-state index in [2.05, 4.69) is 48.8 Å². The van der Waals surface area contributed by atoms with Gasteiger partial charge in [-0.3, -0.25) is 4.79 Å². The van der Waals surface area contributed by atoms with Crippen molar-refractivity contribution in [2.45, 2.75) is 90.7 Å². The molecule has 2 aromatic rings. The molecule has 2 aliphatic heterocycles. The number of carbonyl (C=O) groups is 2. The number of nitrogens with zero attached hydrogens (tertiary/aromatic N) is 1. The number of amides is 1. The van der Waals surface area contributed by atoms with Crippen LogP contribution >= 0.6 is 15.9 Å². The van der Waals surface area contributed by atoms with E-state index in [0.29, 0.717) is 18.8 Å². The highest BCUT2D eigenvalue weighted by atomic mass is 79.9. The Hall–Kier alpha value is -2.42. The first-order valence-corrected chi connectivity index (χ1v) is 14.7. The fourth-order valence-corrected chi connectivity index (χ4v) is 6.63. The van der Waals surface area contributed by atoms with Gasteiger partial charge in [0.1, 0.15) is 17.9 Å². The molecular formula is C32H42BrNO6. The zero-order valence-corrected chi connectivity index (χ0v) is 26.2. The molecule has 0 spiro atoms. The summed E-state index contributed by atoms with van der Waals surface area (Å²) in [6, 6.07) is 12.1. The lowest BCUT2D eigenvalue weighted by Crippen LogP contribution is -2.50. The quantitative estimate of drug-likeness (QED) is 0.382. The van der Waals surface area contributed by atoms with Crippen LogP contribution in [0.2, 0.25) is 0 Å². The van der Waals surface area contributed by atoms with E-state index in [9.17, 15) is 14.7 Å². The van der Waals surface area contributed by atoms with E-state index in [1.807, 2.05) is 51.1 Å². The summed E-state index contributed by atoms with van der Waals surface area (Å²) in [6.45, 7) is 13.2. The molecule has 0 saturated carbocycles. The first-order chi connectivity index (χ1) is 18.8. The first kappa shape index (κ1) is 30.5. The monoisotopic (exact) mass is 615 g/mol. The lowest BCUT2D eigenvalue weighted by Gasteiger charge is -2.35. The van der Waals surface area contributed by atoms with Crippen LogP contribution < -0.4 is 4.74 Å². The number of methoxy groups -OCH3 is 1. The Morgan fingerprint density at radius 3 is 2.35 bits per heavy atom. The Labute approximate surface area is 246 Å². The van der Waals surface area contributed by atoms with Gasteiger partial charge in [0.2, 0.25) is 0 Å². The van der Waals surface area contributed by atoms with Crippen LogP contribution in [-0.2, 0) is 31.1 Å². The molecule has 2 aliphatic rings. The summed E-state index contributed by atoms with van der Waals surface area (Å²) in [4.78, 5) is 28.6. The molecule has 0 radical (unpaired) electrons. The van der Waals surface area contributed by atoms with Crippen molar-refractivity contribution >= 4 is 27.8 Å². The molecule has 0 unspecified atom stereocenters. The fraction of sp³-hybridized carbons (Fsp3) is 0.562. The van der Waals surface area contributed by atoms with Gasteiger partial charge in [-0.15, -0.1) is 0 Å². The van der Waals surface area contributed by atoms with E-state index in [1.54, 1.807) is 12.0 Å². The maximum atomic E-state index is 14.1. The highest BCUT2D eigenvalue weighted by Gasteiger charge is 2.60. The van der Waals surface area contributed by atoms with Gasteiger partial charge in [-0.05, 0) is 53.0 Å². The van der Waals surface area contributed by atoms with Gasteiger partial charge in [0.15, 0.2) is 0 Å². The van der Waals surface area contributed by atoms with Crippen molar-refractivity contribution in [2.75, 3.05) is 13.7 Å². The number of halogens is 1. The molecule has 2 fully saturated rings. The molecule has 2 heterocycles. The van der Waals surface area contributed by atoms with Crippen LogP contribution in [0, 0.1) is 11.3 Å². The van der Waals surface area contributed by atoms with Crippen molar-refractivity contribution in [1.82, 2.24) is 4.90 Å². The van der Waals surface area contributed by atoms with Crippen LogP contribution in [0.25, 0.3) is 0 Å². The van der Waals surface area contributed by atoms with Gasteiger partial charge in [0, 0.05) is 22.6 Å². The van der Waals surface area contributed by atoms with E-state index in [-0.39, 0.29) is 17.9 Å². The average molecular weight is 617 g/mol. The zero-order chi connectivity index (χ0) is 29.4. The second-order valence-corrected chi connectivity index (χ2v) is 13.8. The second-order valence-electron chi connectivity index (χ2n) is 12.9. The molecule has 2 saturated heterocycles. The third-order valence-electron chi connectivity index (χ3n) is 8.12. The number of carboxylic acids is 1. The van der Waals surface area contributed by atoms with E-state index >= 15 is 0 Å². The Balaban J connectivity index is 1.84. The number of carboxylic acid groups (broad SMARTS) is 1. The molecule has 7 nitrogen and oxygen atoms in total. The third kappa shape index (κ3) is 6.09. The van der Waals surface area contributed by atoms with Crippen LogP contribution in [-0.4, -0.2) is 53.8 Å². The zero-order valence-electron chi connectivity index (χ0n) is 24.6. The lowest BCUT2D eigenvalue weighted by atomic mass is 9.73. The number of carbonyl (C=O) groups excluding carboxylic acids is 1. The lowest BCUT2D eigenvalue weighted by molar-refractivity contribution is -0.156. The standard InChI is InChI=1S/C32H42BrNO6/c1-31(2,3)20-14-15-23(38-7)19(17-20)18-40-28-25(32(4,5)6)27(30(36)37)34(29(35)24-13-10-16-39-24)26(28)21-11-8-9-12-22(21)33/h8-9,11-12,14-15,17,24-28H,10,13,16,18H2,1-7H3,(H,36,37)/t24-,25+,26-,27-,28-/m0/s1. The summed E-state index contributed by atoms with van der Waals surface area (Å²) in [5, 5.41) is 10.6. The minimum Gasteiger partial charge on any atom is -0.496 e. The van der Waals surface area contributed by atoms with Crippen molar-refractivity contribution in [1.29, 1.82) is 0 Å². The molecule has 5 atom stereocenters. The smallest absolute Gasteiger partial charge is 0.326 e. The number of benzene rings is 2. The summed E-state index contributed by atoms with van der Waals surface area (Å²) in [5.74, 6) is -1.12. The van der Waals surface area contributed by atoms with Crippen LogP contribution in [0.4, 0.5) is 0 Å². The van der Waals surface area contributed by atoms with Crippen LogP contribution in [0.5, 0.6) is 5.75 Å². The minimum atomic E-state index is -1.08. The predicted molar refractivity (Wildman–Crippen MR) is 157 cm³/mol. The van der Waals surface area contributed by atoms with Crippen molar-refractivity contribution in [3.8, 4) is 5.75 Å². The molecule has 8 heteroatoms. The molecule has 1 amide bonds. The van der Waals surface area contributed by atoms with Gasteiger partial charge in [-0.1, -0.05) is 81.7 Å². The Morgan fingerprint density at radius 1 is 1.10 bits per heavy atom. The molecule has 218 valence electrons. The summed E-state index contributed by atoms with van der Waals surface area (Å²) >= 11 is 3.68. The molecule has 1 N–H and O–H groups in total. The first-order valence-electron chi connectivity index (χ1n) is 14.0. The number of hydrogen-bond acceptors (Lipinski definition) is 5. The molecule has 0 aliphatic carbocycles. The molecule has 4 rings (SSSR count). The molecule has 40 heavy (non-hydrogen) atoms. The van der Waals surface area contributed by atoms with Gasteiger partial charge in [-0.2, -0.15) is 0 Å². The van der Waals surface area contributed by atoms with E-state index in [0.717, 1.165) is 27.6 Å². The molecule has 2 aromatic carbocycles. The predicted octanol–water partition coefficient (Wildman–Crippen LogP) is 6.52. The maximum absolute atomic E-state index is 14.1. The number of rotatable bonds is 7. The Morgan fingerprint density at radius 2 is 1.80 bits per heavy atom. The van der Waals surface area contributed by atoms with Crippen LogP contribution in [0.15, 0.2) is 46.9 Å². The van der Waals surface area contributed by atoms with Crippen LogP contribution in [0.1, 0.15) is 77.1 Å². The summed E-state index contributed by atoms with van der Waals surface area (Å²) < 4.78 is 19.0. The number of aliphatic carboxylic acids is 1. The van der Waals surface area contributed by atoms with Crippen molar-refractivity contribution in [2.24, 2.45) is 11.3 Å². The van der Waals surface area contributed by atoms with E-state index < -0.39 is 41.6 Å². The fourth-order valence-electron chi connectivity index (χ4n) is 6.11. The summed E-state index contributed by atoms with van der Waals surface area (Å²) in [7, 11) is 1.63. The number of hydrogen-bond donors (Lipinski definition) is 1. The third-order valence-corrected chi connectivity index (χ3v) is 8.84. The average Bonchev–Trinajstić information content (AvgIpc) is 3.53. The Kier molecular flexibility index (Phi) is 9.03. The summed E-state index contributed by atoms with van der Waals surface area (Å²) in [6.07, 6.45) is 0.0871. The molecule has 0 bridgehead atoms. The van der Waals surface area contributed by atoms with Gasteiger partial charge in [0.25, 0.3) is 5.91 Å². The SMILES string of the molecule is COc1ccc(C(C)(C)C)cc1CO[C@H]1[C@H](C(C)(C)C)[C@@H](C(=O)O)N(C(=O)[C@@H]2CCCO2)[C@H]1c1ccccc1Br. The minimum absolute atomic E-state index is 0.0708. The van der Waals surface area contributed by atoms with Gasteiger partial charge < -0.3 is 24.2 Å². The van der Waals surface area contributed by atoms with E-state index in [1.165, 1.54) is 0 Å². The largest absolute Gasteiger partial charge is 0.496 e. The second kappa shape index (κ2) is 11.8. The van der Waals surface area contributed by atoms with Crippen molar-refractivity contribution < 1.29 is 28.9 Å². The maximum Gasteiger partial charge on any atom is 0.326 e. The highest BCUT2D eigenvalue weighted by molar-refractivity contribution is 9.10. The topological polar surface area (TPSA) is 85.3 Å². The van der Waals surface area contributed by atoms with Crippen molar-refractivity contribution in [3.05, 3.63) is 63.6 Å². The van der Waals surface area contributed by atoms with Crippen molar-refractivity contribution in [3.63, 3.8) is 0 Å². The van der Waals surface area contributed by atoms with Crippen LogP contribution in [0.3, 0.4) is 0 Å². The summed E-state index contributed by atoms with van der Waals surface area (Å²) in [5.41, 5.74) is 2.28. The number of ether oxygens (including phenoxy) is 3. The van der Waals surface area contributed by atoms with E-state index in [4.69, 9.17) is 14.2 Å². The van der Waals surface area contributed by atoms with Gasteiger partial charge in [-0.25, -0.2) is 4.79 Å². The normalized spacial score (nSPS) is 25.3. The highest BCUT2D eigenvalue weighted by Crippen LogP contribution is 2.51. The van der Waals surface area contributed by atoms with Gasteiger partial charge in [0.05, 0.1) is 25.9 Å². The van der Waals surface area contributed by atoms with Gasteiger partial charge >= 0.3 is 5.97 Å².